The van der Waals surface area contributed by atoms with Gasteiger partial charge in [-0.1, -0.05) is 44.5 Å². The standard InChI is InChI=1S/C34H38ClN3O6S2/c1-23(39)36-16-17-43-30-15-10-24(7-6-18-46(41,42)28-13-11-26(35)12-14-28)19-29(30)37-33(40)25-8-5-9-27(20-25)44-21-32-38-31(22-45-32)34(2,3)4/h5,8-15,19-20,22H,6-7,16-18,21H2,1-4H3,(H,36,39)(H,37,40). The molecule has 0 aliphatic heterocycles. The number of aryl methyl sites for hydroxylation is 1. The van der Waals surface area contributed by atoms with Crippen molar-refractivity contribution < 1.29 is 27.5 Å². The lowest BCUT2D eigenvalue weighted by Gasteiger charge is -2.15. The van der Waals surface area contributed by atoms with Crippen LogP contribution in [0.4, 0.5) is 5.69 Å². The van der Waals surface area contributed by atoms with Crippen molar-refractivity contribution in [2.24, 2.45) is 0 Å². The third-order valence-corrected chi connectivity index (χ3v) is 9.75. The van der Waals surface area contributed by atoms with E-state index in [4.69, 9.17) is 21.1 Å². The highest BCUT2D eigenvalue weighted by atomic mass is 35.5. The van der Waals surface area contributed by atoms with Gasteiger partial charge in [-0.3, -0.25) is 9.59 Å². The smallest absolute Gasteiger partial charge is 0.255 e. The number of nitrogens with zero attached hydrogens (tertiary/aromatic N) is 1. The second kappa shape index (κ2) is 15.6. The Bertz CT molecular complexity index is 1770. The summed E-state index contributed by atoms with van der Waals surface area (Å²) in [4.78, 5) is 29.5. The SMILES string of the molecule is CC(=O)NCCOc1ccc(CCCS(=O)(=O)c2ccc(Cl)cc2)cc1NC(=O)c1cccc(OCc2nc(C(C)(C)C)cs2)c1. The van der Waals surface area contributed by atoms with E-state index in [0.29, 0.717) is 47.2 Å². The van der Waals surface area contributed by atoms with E-state index in [-0.39, 0.29) is 41.1 Å². The molecule has 1 heterocycles. The number of carbonyl (C=O) groups is 2. The van der Waals surface area contributed by atoms with E-state index in [1.807, 2.05) is 11.4 Å². The second-order valence-electron chi connectivity index (χ2n) is 11.7. The first-order valence-corrected chi connectivity index (χ1v) is 17.7. The van der Waals surface area contributed by atoms with Gasteiger partial charge in [-0.05, 0) is 73.0 Å². The number of aromatic nitrogens is 1. The van der Waals surface area contributed by atoms with Crippen LogP contribution in [0, 0.1) is 0 Å². The van der Waals surface area contributed by atoms with Crippen LogP contribution >= 0.6 is 22.9 Å². The quantitative estimate of drug-likeness (QED) is 0.139. The number of sulfone groups is 1. The topological polar surface area (TPSA) is 124 Å². The zero-order valence-electron chi connectivity index (χ0n) is 26.3. The molecule has 4 rings (SSSR count). The fraction of sp³-hybridized carbons (Fsp3) is 0.324. The molecule has 0 radical (unpaired) electrons. The Balaban J connectivity index is 1.44. The highest BCUT2D eigenvalue weighted by Gasteiger charge is 2.18. The number of thiazole rings is 1. The molecule has 0 saturated heterocycles. The molecule has 1 aromatic heterocycles. The highest BCUT2D eigenvalue weighted by Crippen LogP contribution is 2.29. The Morgan fingerprint density at radius 2 is 1.76 bits per heavy atom. The van der Waals surface area contributed by atoms with E-state index in [2.05, 4.69) is 36.4 Å². The Morgan fingerprint density at radius 1 is 1.00 bits per heavy atom. The van der Waals surface area contributed by atoms with E-state index < -0.39 is 9.84 Å². The van der Waals surface area contributed by atoms with Gasteiger partial charge in [-0.15, -0.1) is 11.3 Å². The Kier molecular flexibility index (Phi) is 11.8. The van der Waals surface area contributed by atoms with Crippen molar-refractivity contribution in [3.63, 3.8) is 0 Å². The van der Waals surface area contributed by atoms with E-state index in [1.54, 1.807) is 48.5 Å². The molecule has 12 heteroatoms. The summed E-state index contributed by atoms with van der Waals surface area (Å²) >= 11 is 7.43. The lowest BCUT2D eigenvalue weighted by atomic mass is 9.93. The minimum Gasteiger partial charge on any atom is -0.490 e. The first-order chi connectivity index (χ1) is 21.8. The van der Waals surface area contributed by atoms with Gasteiger partial charge < -0.3 is 20.1 Å². The number of carbonyl (C=O) groups excluding carboxylic acids is 2. The van der Waals surface area contributed by atoms with Crippen molar-refractivity contribution in [1.82, 2.24) is 10.3 Å². The Hall–Kier alpha value is -3.93. The minimum absolute atomic E-state index is 0.0450. The summed E-state index contributed by atoms with van der Waals surface area (Å²) in [7, 11) is -3.48. The van der Waals surface area contributed by atoms with E-state index in [1.165, 1.54) is 30.4 Å². The molecule has 0 atom stereocenters. The lowest BCUT2D eigenvalue weighted by molar-refractivity contribution is -0.119. The lowest BCUT2D eigenvalue weighted by Crippen LogP contribution is -2.25. The van der Waals surface area contributed by atoms with E-state index >= 15 is 0 Å². The zero-order valence-corrected chi connectivity index (χ0v) is 28.7. The van der Waals surface area contributed by atoms with Crippen LogP contribution in [0.5, 0.6) is 11.5 Å². The maximum atomic E-state index is 13.4. The molecule has 2 amide bonds. The number of rotatable bonds is 14. The van der Waals surface area contributed by atoms with Gasteiger partial charge in [0.2, 0.25) is 5.91 Å². The average molecular weight is 684 g/mol. The molecule has 0 aliphatic carbocycles. The number of nitrogens with one attached hydrogen (secondary N) is 2. The second-order valence-corrected chi connectivity index (χ2v) is 15.2. The summed E-state index contributed by atoms with van der Waals surface area (Å²) in [5.41, 5.74) is 2.59. The molecule has 3 aromatic carbocycles. The van der Waals surface area contributed by atoms with Gasteiger partial charge in [-0.25, -0.2) is 13.4 Å². The van der Waals surface area contributed by atoms with Crippen molar-refractivity contribution in [1.29, 1.82) is 0 Å². The zero-order chi connectivity index (χ0) is 33.3. The van der Waals surface area contributed by atoms with Crippen LogP contribution in [0.2, 0.25) is 5.02 Å². The average Bonchev–Trinajstić information content (AvgIpc) is 3.49. The predicted molar refractivity (Wildman–Crippen MR) is 182 cm³/mol. The molecule has 0 saturated carbocycles. The van der Waals surface area contributed by atoms with Gasteiger partial charge in [0.05, 0.1) is 28.6 Å². The summed E-state index contributed by atoms with van der Waals surface area (Å²) in [6.07, 6.45) is 0.829. The number of anilines is 1. The minimum atomic E-state index is -3.48. The van der Waals surface area contributed by atoms with Crippen molar-refractivity contribution in [3.05, 3.63) is 99.0 Å². The van der Waals surface area contributed by atoms with Crippen molar-refractivity contribution in [3.8, 4) is 11.5 Å². The summed E-state index contributed by atoms with van der Waals surface area (Å²) in [6, 6.07) is 18.3. The van der Waals surface area contributed by atoms with Crippen LogP contribution in [-0.2, 0) is 33.1 Å². The normalized spacial score (nSPS) is 11.6. The summed E-state index contributed by atoms with van der Waals surface area (Å²) < 4.78 is 37.4. The number of halogens is 1. The van der Waals surface area contributed by atoms with Crippen molar-refractivity contribution in [2.45, 2.75) is 57.5 Å². The number of hydrogen-bond donors (Lipinski definition) is 2. The monoisotopic (exact) mass is 683 g/mol. The molecule has 244 valence electrons. The first-order valence-electron chi connectivity index (χ1n) is 14.8. The van der Waals surface area contributed by atoms with Crippen molar-refractivity contribution >= 4 is 50.3 Å². The first kappa shape index (κ1) is 34.9. The molecule has 4 aromatic rings. The van der Waals surface area contributed by atoms with Gasteiger partial charge in [0.25, 0.3) is 5.91 Å². The van der Waals surface area contributed by atoms with Gasteiger partial charge in [0, 0.05) is 28.3 Å². The van der Waals surface area contributed by atoms with Gasteiger partial charge in [0.15, 0.2) is 9.84 Å². The molecule has 0 fully saturated rings. The van der Waals surface area contributed by atoms with E-state index in [9.17, 15) is 18.0 Å². The number of amides is 2. The van der Waals surface area contributed by atoms with Crippen molar-refractivity contribution in [2.75, 3.05) is 24.2 Å². The van der Waals surface area contributed by atoms with Gasteiger partial charge in [0.1, 0.15) is 29.7 Å². The van der Waals surface area contributed by atoms with Crippen LogP contribution in [0.15, 0.2) is 77.0 Å². The maximum Gasteiger partial charge on any atom is 0.255 e. The largest absolute Gasteiger partial charge is 0.490 e. The molecular formula is C34H38ClN3O6S2. The molecule has 2 N–H and O–H groups in total. The molecule has 0 bridgehead atoms. The molecule has 46 heavy (non-hydrogen) atoms. The summed E-state index contributed by atoms with van der Waals surface area (Å²) in [6.45, 7) is 8.52. The predicted octanol–water partition coefficient (Wildman–Crippen LogP) is 6.85. The van der Waals surface area contributed by atoms with Crippen LogP contribution in [0.3, 0.4) is 0 Å². The Morgan fingerprint density at radius 3 is 2.46 bits per heavy atom. The van der Waals surface area contributed by atoms with E-state index in [0.717, 1.165) is 16.3 Å². The molecular weight excluding hydrogens is 646 g/mol. The van der Waals surface area contributed by atoms with Crippen LogP contribution < -0.4 is 20.1 Å². The number of ether oxygens (including phenoxy) is 2. The van der Waals surface area contributed by atoms with Crippen LogP contribution in [-0.4, -0.2) is 44.1 Å². The fourth-order valence-corrected chi connectivity index (χ4v) is 6.73. The highest BCUT2D eigenvalue weighted by molar-refractivity contribution is 7.91. The van der Waals surface area contributed by atoms with Gasteiger partial charge in [-0.2, -0.15) is 0 Å². The van der Waals surface area contributed by atoms with Crippen LogP contribution in [0.25, 0.3) is 0 Å². The summed E-state index contributed by atoms with van der Waals surface area (Å²) in [5.74, 6) is 0.359. The third-order valence-electron chi connectivity index (χ3n) is 6.86. The third kappa shape index (κ3) is 10.3. The number of hydrogen-bond acceptors (Lipinski definition) is 8. The Labute approximate surface area is 279 Å². The fourth-order valence-electron chi connectivity index (χ4n) is 4.36. The maximum absolute atomic E-state index is 13.4. The number of benzene rings is 3. The molecule has 0 spiro atoms. The molecule has 0 aliphatic rings. The van der Waals surface area contributed by atoms with Crippen LogP contribution in [0.1, 0.15) is 60.7 Å². The van der Waals surface area contributed by atoms with Gasteiger partial charge >= 0.3 is 0 Å². The summed E-state index contributed by atoms with van der Waals surface area (Å²) in [5, 5.41) is 8.95. The molecule has 0 unspecified atom stereocenters. The molecule has 9 nitrogen and oxygen atoms in total.